The number of nitrogens with two attached hydrogens (primary N) is 1. The minimum Gasteiger partial charge on any atom is -0.383 e. The van der Waals surface area contributed by atoms with Crippen LogP contribution in [0, 0.1) is 12.7 Å². The van der Waals surface area contributed by atoms with Crippen molar-refractivity contribution in [3.8, 4) is 11.4 Å². The van der Waals surface area contributed by atoms with Gasteiger partial charge in [0, 0.05) is 5.56 Å². The highest BCUT2D eigenvalue weighted by atomic mass is 79.9. The zero-order valence-electron chi connectivity index (χ0n) is 10.2. The van der Waals surface area contributed by atoms with E-state index in [-0.39, 0.29) is 5.82 Å². The van der Waals surface area contributed by atoms with Crippen LogP contribution in [0.15, 0.2) is 22.7 Å². The molecule has 2 N–H and O–H groups in total. The molecule has 0 radical (unpaired) electrons. The number of hydrogen-bond donors (Lipinski definition) is 1. The molecule has 0 saturated heterocycles. The Kier molecular flexibility index (Phi) is 3.61. The molecule has 0 saturated carbocycles. The lowest BCUT2D eigenvalue weighted by atomic mass is 10.1. The molecule has 0 aliphatic heterocycles. The van der Waals surface area contributed by atoms with Crippen molar-refractivity contribution < 1.29 is 4.39 Å². The van der Waals surface area contributed by atoms with Crippen LogP contribution in [-0.4, -0.2) is 9.97 Å². The Morgan fingerprint density at radius 1 is 1.33 bits per heavy atom. The summed E-state index contributed by atoms with van der Waals surface area (Å²) in [5.74, 6) is 0.689. The minimum absolute atomic E-state index is 0.237. The molecule has 0 spiro atoms. The predicted molar refractivity (Wildman–Crippen MR) is 73.7 cm³/mol. The molecule has 94 valence electrons. The van der Waals surface area contributed by atoms with Gasteiger partial charge in [0.25, 0.3) is 0 Å². The Balaban J connectivity index is 2.57. The monoisotopic (exact) mass is 309 g/mol. The first-order valence-electron chi connectivity index (χ1n) is 5.61. The fraction of sp³-hybridized carbons (Fsp3) is 0.231. The number of anilines is 1. The first-order valence-corrected chi connectivity index (χ1v) is 6.40. The lowest BCUT2D eigenvalue weighted by Gasteiger charge is -2.08. The van der Waals surface area contributed by atoms with Crippen LogP contribution in [0.3, 0.4) is 0 Å². The maximum atomic E-state index is 13.2. The number of halogens is 2. The second-order valence-corrected chi connectivity index (χ2v) is 4.80. The number of nitrogen functional groups attached to an aromatic ring is 1. The van der Waals surface area contributed by atoms with E-state index < -0.39 is 0 Å². The van der Waals surface area contributed by atoms with Gasteiger partial charge >= 0.3 is 0 Å². The van der Waals surface area contributed by atoms with Crippen molar-refractivity contribution in [3.05, 3.63) is 39.7 Å². The van der Waals surface area contributed by atoms with Crippen molar-refractivity contribution in [1.82, 2.24) is 9.97 Å². The van der Waals surface area contributed by atoms with Crippen LogP contribution >= 0.6 is 15.9 Å². The summed E-state index contributed by atoms with van der Waals surface area (Å²) in [4.78, 5) is 8.65. The lowest BCUT2D eigenvalue weighted by Crippen LogP contribution is -2.02. The number of aromatic nitrogens is 2. The average Bonchev–Trinajstić information content (AvgIpc) is 2.36. The Morgan fingerprint density at radius 3 is 2.67 bits per heavy atom. The molecule has 2 rings (SSSR count). The van der Waals surface area contributed by atoms with E-state index in [0.29, 0.717) is 17.2 Å². The van der Waals surface area contributed by atoms with Crippen molar-refractivity contribution in [3.63, 3.8) is 0 Å². The molecule has 1 heterocycles. The third-order valence-electron chi connectivity index (χ3n) is 2.70. The normalized spacial score (nSPS) is 10.7. The number of nitrogens with zero attached hydrogens (tertiary/aromatic N) is 2. The van der Waals surface area contributed by atoms with Gasteiger partial charge < -0.3 is 5.73 Å². The molecule has 18 heavy (non-hydrogen) atoms. The number of rotatable bonds is 2. The van der Waals surface area contributed by atoms with E-state index in [9.17, 15) is 4.39 Å². The van der Waals surface area contributed by atoms with E-state index in [2.05, 4.69) is 25.9 Å². The van der Waals surface area contributed by atoms with Crippen LogP contribution in [-0.2, 0) is 6.42 Å². The van der Waals surface area contributed by atoms with Crippen LogP contribution in [0.25, 0.3) is 11.4 Å². The second-order valence-electron chi connectivity index (χ2n) is 4.01. The Bertz CT molecular complexity index is 599. The first kappa shape index (κ1) is 13.0. The van der Waals surface area contributed by atoms with Gasteiger partial charge in [-0.2, -0.15) is 0 Å². The van der Waals surface area contributed by atoms with E-state index in [4.69, 9.17) is 5.73 Å². The molecule has 0 bridgehead atoms. The smallest absolute Gasteiger partial charge is 0.161 e. The summed E-state index contributed by atoms with van der Waals surface area (Å²) >= 11 is 3.36. The van der Waals surface area contributed by atoms with Crippen molar-refractivity contribution in [2.45, 2.75) is 20.3 Å². The van der Waals surface area contributed by atoms with Gasteiger partial charge in [-0.3, -0.25) is 0 Å². The lowest BCUT2D eigenvalue weighted by molar-refractivity contribution is 0.618. The van der Waals surface area contributed by atoms with Crippen LogP contribution in [0.1, 0.15) is 18.2 Å². The molecule has 1 aromatic carbocycles. The molecule has 0 aliphatic rings. The third kappa shape index (κ3) is 2.36. The number of hydrogen-bond acceptors (Lipinski definition) is 3. The fourth-order valence-electron chi connectivity index (χ4n) is 1.66. The summed E-state index contributed by atoms with van der Waals surface area (Å²) in [5, 5.41) is 0. The second kappa shape index (κ2) is 5.02. The summed E-state index contributed by atoms with van der Waals surface area (Å²) in [6.07, 6.45) is 0.750. The summed E-state index contributed by atoms with van der Waals surface area (Å²) in [5.41, 5.74) is 8.01. The van der Waals surface area contributed by atoms with E-state index in [0.717, 1.165) is 22.2 Å². The van der Waals surface area contributed by atoms with Crippen molar-refractivity contribution in [2.24, 2.45) is 0 Å². The number of aryl methyl sites for hydroxylation is 2. The van der Waals surface area contributed by atoms with Crippen LogP contribution < -0.4 is 5.73 Å². The topological polar surface area (TPSA) is 51.8 Å². The number of benzene rings is 1. The molecular formula is C13H13BrFN3. The minimum atomic E-state index is -0.237. The van der Waals surface area contributed by atoms with Gasteiger partial charge in [0.05, 0.1) is 10.2 Å². The standard InChI is InChI=1S/C13H13BrFN3/c1-3-10-11(14)12(16)18-13(17-10)8-4-5-9(15)7(2)6-8/h4-6H,3H2,1-2H3,(H2,16,17,18). The predicted octanol–water partition coefficient (Wildman–Crippen LogP) is 3.50. The molecule has 0 fully saturated rings. The molecule has 0 unspecified atom stereocenters. The summed E-state index contributed by atoms with van der Waals surface area (Å²) < 4.78 is 14.0. The largest absolute Gasteiger partial charge is 0.383 e. The van der Waals surface area contributed by atoms with E-state index in [1.807, 2.05) is 6.92 Å². The van der Waals surface area contributed by atoms with E-state index in [1.54, 1.807) is 19.1 Å². The molecule has 0 aliphatic carbocycles. The first-order chi connectivity index (χ1) is 8.52. The van der Waals surface area contributed by atoms with Gasteiger partial charge in [-0.1, -0.05) is 6.92 Å². The van der Waals surface area contributed by atoms with Gasteiger partial charge in [0.2, 0.25) is 0 Å². The van der Waals surface area contributed by atoms with Gasteiger partial charge in [-0.05, 0) is 53.0 Å². The summed E-state index contributed by atoms with van der Waals surface area (Å²) in [7, 11) is 0. The van der Waals surface area contributed by atoms with E-state index in [1.165, 1.54) is 6.07 Å². The highest BCUT2D eigenvalue weighted by molar-refractivity contribution is 9.10. The quantitative estimate of drug-likeness (QED) is 0.923. The van der Waals surface area contributed by atoms with Crippen molar-refractivity contribution in [2.75, 3.05) is 5.73 Å². The van der Waals surface area contributed by atoms with Gasteiger partial charge in [0.1, 0.15) is 11.6 Å². The Hall–Kier alpha value is -1.49. The average molecular weight is 310 g/mol. The van der Waals surface area contributed by atoms with Gasteiger partial charge in [0.15, 0.2) is 5.82 Å². The van der Waals surface area contributed by atoms with Crippen molar-refractivity contribution in [1.29, 1.82) is 0 Å². The highest BCUT2D eigenvalue weighted by Crippen LogP contribution is 2.26. The highest BCUT2D eigenvalue weighted by Gasteiger charge is 2.11. The summed E-state index contributed by atoms with van der Waals surface area (Å²) in [6, 6.07) is 4.79. The molecule has 5 heteroatoms. The Morgan fingerprint density at radius 2 is 2.06 bits per heavy atom. The van der Waals surface area contributed by atoms with Gasteiger partial charge in [-0.15, -0.1) is 0 Å². The Labute approximate surface area is 113 Å². The molecular weight excluding hydrogens is 297 g/mol. The molecule has 0 atom stereocenters. The van der Waals surface area contributed by atoms with Gasteiger partial charge in [-0.25, -0.2) is 14.4 Å². The summed E-state index contributed by atoms with van der Waals surface area (Å²) in [6.45, 7) is 3.70. The zero-order valence-corrected chi connectivity index (χ0v) is 11.8. The third-order valence-corrected chi connectivity index (χ3v) is 3.56. The fourth-order valence-corrected chi connectivity index (χ4v) is 2.12. The van der Waals surface area contributed by atoms with Crippen LogP contribution in [0.2, 0.25) is 0 Å². The van der Waals surface area contributed by atoms with Crippen LogP contribution in [0.5, 0.6) is 0 Å². The zero-order chi connectivity index (χ0) is 13.3. The van der Waals surface area contributed by atoms with Crippen molar-refractivity contribution >= 4 is 21.7 Å². The maximum Gasteiger partial charge on any atom is 0.161 e. The molecule has 1 aromatic heterocycles. The maximum absolute atomic E-state index is 13.2. The molecule has 2 aromatic rings. The van der Waals surface area contributed by atoms with Crippen LogP contribution in [0.4, 0.5) is 10.2 Å². The molecule has 0 amide bonds. The SMILES string of the molecule is CCc1nc(-c2ccc(F)c(C)c2)nc(N)c1Br. The molecule has 3 nitrogen and oxygen atoms in total. The van der Waals surface area contributed by atoms with E-state index >= 15 is 0 Å².